The molecular weight excluding hydrogens is 1080 g/mol. The molecule has 14 aromatic rings. The molecule has 0 unspecified atom stereocenters. The van der Waals surface area contributed by atoms with Gasteiger partial charge in [-0.1, -0.05) is 231 Å². The molecule has 2 nitrogen and oxygen atoms in total. The summed E-state index contributed by atoms with van der Waals surface area (Å²) in [6.07, 6.45) is 0. The quantitative estimate of drug-likeness (QED) is 0.150. The molecule has 0 radical (unpaired) electrons. The van der Waals surface area contributed by atoms with Crippen molar-refractivity contribution in [2.45, 2.75) is 10.8 Å². The molecule has 0 N–H and O–H groups in total. The van der Waals surface area contributed by atoms with Crippen molar-refractivity contribution in [2.75, 3.05) is 9.80 Å². The molecular formula is C82H54N2S2. The lowest BCUT2D eigenvalue weighted by atomic mass is 9.53. The van der Waals surface area contributed by atoms with Crippen LogP contribution >= 0.6 is 22.7 Å². The van der Waals surface area contributed by atoms with E-state index in [1.54, 1.807) is 0 Å². The van der Waals surface area contributed by atoms with Crippen LogP contribution in [-0.2, 0) is 10.8 Å². The lowest BCUT2D eigenvalue weighted by Crippen LogP contribution is -2.47. The van der Waals surface area contributed by atoms with Gasteiger partial charge in [-0.3, -0.25) is 0 Å². The van der Waals surface area contributed by atoms with Crippen molar-refractivity contribution >= 4 is 56.8 Å². The van der Waals surface area contributed by atoms with E-state index < -0.39 is 10.8 Å². The number of thiophene rings is 2. The first-order valence-electron chi connectivity index (χ1n) is 29.6. The topological polar surface area (TPSA) is 6.48 Å². The third-order valence-corrected chi connectivity index (χ3v) is 20.6. The van der Waals surface area contributed by atoms with Gasteiger partial charge < -0.3 is 9.80 Å². The number of benzene rings is 12. The van der Waals surface area contributed by atoms with Crippen molar-refractivity contribution in [3.05, 3.63) is 371 Å². The molecule has 0 saturated carbocycles. The smallest absolute Gasteiger partial charge is 0.0850 e. The maximum absolute atomic E-state index is 2.63. The number of hydrogen-bond acceptors (Lipinski definition) is 4. The maximum atomic E-state index is 2.63. The second kappa shape index (κ2) is 20.2. The number of anilines is 6. The molecule has 0 amide bonds. The molecule has 2 aliphatic heterocycles. The van der Waals surface area contributed by atoms with E-state index in [1.165, 1.54) is 131 Å². The second-order valence-electron chi connectivity index (χ2n) is 22.7. The van der Waals surface area contributed by atoms with Gasteiger partial charge in [0.1, 0.15) is 0 Å². The van der Waals surface area contributed by atoms with Crippen LogP contribution in [0.5, 0.6) is 0 Å². The van der Waals surface area contributed by atoms with Crippen molar-refractivity contribution in [2.24, 2.45) is 0 Å². The minimum atomic E-state index is -0.800. The Morgan fingerprint density at radius 3 is 0.709 bits per heavy atom. The summed E-state index contributed by atoms with van der Waals surface area (Å²) in [6.45, 7) is 0. The van der Waals surface area contributed by atoms with Crippen LogP contribution in [0.1, 0.15) is 43.1 Å². The van der Waals surface area contributed by atoms with Crippen LogP contribution in [0.3, 0.4) is 0 Å². The van der Waals surface area contributed by atoms with Gasteiger partial charge in [0.15, 0.2) is 0 Å². The van der Waals surface area contributed by atoms with E-state index in [-0.39, 0.29) is 0 Å². The van der Waals surface area contributed by atoms with Crippen LogP contribution in [0.2, 0.25) is 0 Å². The van der Waals surface area contributed by atoms with Gasteiger partial charge in [-0.15, -0.1) is 22.7 Å². The molecule has 2 aromatic heterocycles. The molecule has 2 spiro atoms. The van der Waals surface area contributed by atoms with Crippen LogP contribution in [0, 0.1) is 0 Å². The molecule has 17 rings (SSSR count). The lowest BCUT2D eigenvalue weighted by Gasteiger charge is -2.53. The molecule has 12 aromatic carbocycles. The number of para-hydroxylation sites is 6. The van der Waals surface area contributed by atoms with Gasteiger partial charge >= 0.3 is 0 Å². The van der Waals surface area contributed by atoms with E-state index in [1.807, 2.05) is 22.7 Å². The average Bonchev–Trinajstić information content (AvgIpc) is 1.28. The van der Waals surface area contributed by atoms with Gasteiger partial charge in [-0.25, -0.2) is 0 Å². The molecule has 3 aliphatic rings. The summed E-state index contributed by atoms with van der Waals surface area (Å²) >= 11 is 3.96. The van der Waals surface area contributed by atoms with Crippen LogP contribution in [0.4, 0.5) is 34.1 Å². The maximum Gasteiger partial charge on any atom is 0.0850 e. The summed E-state index contributed by atoms with van der Waals surface area (Å²) < 4.78 is 0. The number of rotatable bonds is 8. The van der Waals surface area contributed by atoms with E-state index in [9.17, 15) is 0 Å². The predicted octanol–water partition coefficient (Wildman–Crippen LogP) is 22.5. The van der Waals surface area contributed by atoms with E-state index in [0.29, 0.717) is 0 Å². The molecule has 404 valence electrons. The monoisotopic (exact) mass is 1130 g/mol. The first-order chi connectivity index (χ1) is 42.6. The Labute approximate surface area is 510 Å². The standard InChI is InChI=1S/C82H54N2S2/c1-7-27-55(28-8-1)59-47-60(56-29-9-2-10-30-56)50-63(49-59)77-53-71-79(85-77)82(69-41-21-25-45-75(69)84(66-37-17-6-18-38-66)76-46-26-22-42-70(76)82)72-54-78(64-51-61(57-31-11-3-12-32-57)48-62(52-64)58-33-13-4-14-34-58)86-80(72)81(71)67-39-19-23-43-73(67)83(65-35-15-5-16-36-65)74-44-24-20-40-68(74)81/h1-54H. The predicted molar refractivity (Wildman–Crippen MR) is 361 cm³/mol. The van der Waals surface area contributed by atoms with Gasteiger partial charge in [-0.2, -0.15) is 0 Å². The van der Waals surface area contributed by atoms with Crippen LogP contribution in [0.15, 0.2) is 328 Å². The van der Waals surface area contributed by atoms with Crippen molar-refractivity contribution in [3.8, 4) is 65.4 Å². The Kier molecular flexibility index (Phi) is 11.8. The van der Waals surface area contributed by atoms with Gasteiger partial charge in [-0.05, 0) is 186 Å². The normalized spacial score (nSPS) is 13.7. The van der Waals surface area contributed by atoms with Crippen LogP contribution < -0.4 is 9.80 Å². The minimum absolute atomic E-state index is 0.800. The van der Waals surface area contributed by atoms with E-state index in [2.05, 4.69) is 337 Å². The lowest BCUT2D eigenvalue weighted by molar-refractivity contribution is 0.634. The highest BCUT2D eigenvalue weighted by Gasteiger charge is 2.61. The van der Waals surface area contributed by atoms with Gasteiger partial charge in [0.25, 0.3) is 0 Å². The van der Waals surface area contributed by atoms with E-state index >= 15 is 0 Å². The average molecular weight is 1130 g/mol. The van der Waals surface area contributed by atoms with Gasteiger partial charge in [0, 0.05) is 30.9 Å². The van der Waals surface area contributed by atoms with Crippen LogP contribution in [0.25, 0.3) is 65.4 Å². The first-order valence-corrected chi connectivity index (χ1v) is 31.2. The molecule has 0 atom stereocenters. The Morgan fingerprint density at radius 2 is 0.430 bits per heavy atom. The largest absolute Gasteiger partial charge is 0.310 e. The highest BCUT2D eigenvalue weighted by atomic mass is 32.1. The fraction of sp³-hybridized carbons (Fsp3) is 0.0244. The molecule has 86 heavy (non-hydrogen) atoms. The zero-order valence-corrected chi connectivity index (χ0v) is 48.5. The Hall–Kier alpha value is -10.4. The summed E-state index contributed by atoms with van der Waals surface area (Å²) in [5, 5.41) is 0. The molecule has 4 heterocycles. The van der Waals surface area contributed by atoms with Crippen molar-refractivity contribution in [3.63, 3.8) is 0 Å². The van der Waals surface area contributed by atoms with E-state index in [4.69, 9.17) is 0 Å². The summed E-state index contributed by atoms with van der Waals surface area (Å²) in [4.78, 5) is 10.1. The third-order valence-electron chi connectivity index (χ3n) is 18.0. The summed E-state index contributed by atoms with van der Waals surface area (Å²) in [6, 6.07) is 123. The molecule has 0 bridgehead atoms. The zero-order chi connectivity index (χ0) is 56.8. The SMILES string of the molecule is c1ccc(-c2cc(-c3ccccc3)cc(-c3cc4c(s3)C3(c5ccccc5N(c5ccccc5)c5ccccc53)c3cc(-c5cc(-c6ccccc6)cc(-c6ccccc6)c5)sc3C43c4ccccc4N(c4ccccc4)c4ccccc43)c2)cc1. The zero-order valence-electron chi connectivity index (χ0n) is 46.9. The summed E-state index contributed by atoms with van der Waals surface area (Å²) in [5.41, 5.74) is 24.9. The van der Waals surface area contributed by atoms with Crippen molar-refractivity contribution < 1.29 is 0 Å². The van der Waals surface area contributed by atoms with Crippen LogP contribution in [-0.4, -0.2) is 0 Å². The Balaban J connectivity index is 1.04. The first kappa shape index (κ1) is 50.2. The fourth-order valence-corrected chi connectivity index (χ4v) is 17.3. The molecule has 1 aliphatic carbocycles. The van der Waals surface area contributed by atoms with Gasteiger partial charge in [0.2, 0.25) is 0 Å². The third kappa shape index (κ3) is 7.63. The molecule has 0 saturated heterocycles. The van der Waals surface area contributed by atoms with Gasteiger partial charge in [0.05, 0.1) is 33.6 Å². The number of nitrogens with zero attached hydrogens (tertiary/aromatic N) is 2. The van der Waals surface area contributed by atoms with Crippen molar-refractivity contribution in [1.82, 2.24) is 0 Å². The van der Waals surface area contributed by atoms with E-state index in [0.717, 1.165) is 11.4 Å². The summed E-state index contributed by atoms with van der Waals surface area (Å²) in [7, 11) is 0. The molecule has 0 fully saturated rings. The highest BCUT2D eigenvalue weighted by molar-refractivity contribution is 7.17. The minimum Gasteiger partial charge on any atom is -0.310 e. The summed E-state index contributed by atoms with van der Waals surface area (Å²) in [5.74, 6) is 0. The fourth-order valence-electron chi connectivity index (χ4n) is 14.4. The van der Waals surface area contributed by atoms with Crippen molar-refractivity contribution in [1.29, 1.82) is 0 Å². The highest BCUT2D eigenvalue weighted by Crippen LogP contribution is 2.71. The Morgan fingerprint density at radius 1 is 0.198 bits per heavy atom. The molecule has 4 heteroatoms. The Bertz CT molecular complexity index is 4310. The number of hydrogen-bond donors (Lipinski definition) is 0. The second-order valence-corrected chi connectivity index (χ2v) is 24.8. The number of fused-ring (bicyclic) bond motifs is 14.